The molecular weight excluding hydrogens is 484 g/mol. The molecule has 1 aliphatic heterocycles. The van der Waals surface area contributed by atoms with Crippen LogP contribution in [0.1, 0.15) is 11.8 Å². The molecule has 0 aliphatic carbocycles. The summed E-state index contributed by atoms with van der Waals surface area (Å²) in [5.41, 5.74) is 9.99. The number of fused-ring (bicyclic) bond motifs is 1. The molecular formula is C27H28N8O3. The molecule has 11 heteroatoms. The maximum absolute atomic E-state index is 11.7. The van der Waals surface area contributed by atoms with Gasteiger partial charge in [-0.05, 0) is 30.3 Å². The van der Waals surface area contributed by atoms with E-state index < -0.39 is 0 Å². The SMILES string of the molecule is C=CC(=O)Nc1ccnc(-c2cccc3cnc(Nc4ccc(C5OCCNC5CN)nc4OC)nc23)c1. The van der Waals surface area contributed by atoms with E-state index in [9.17, 15) is 4.79 Å². The second-order valence-corrected chi connectivity index (χ2v) is 8.57. The molecule has 5 rings (SSSR count). The van der Waals surface area contributed by atoms with Crippen LogP contribution in [0, 0.1) is 0 Å². The van der Waals surface area contributed by atoms with Gasteiger partial charge in [0, 0.05) is 42.1 Å². The minimum atomic E-state index is -0.299. The van der Waals surface area contributed by atoms with Gasteiger partial charge in [-0.2, -0.15) is 0 Å². The van der Waals surface area contributed by atoms with Crippen molar-refractivity contribution in [2.45, 2.75) is 12.1 Å². The van der Waals surface area contributed by atoms with Gasteiger partial charge in [0.15, 0.2) is 0 Å². The van der Waals surface area contributed by atoms with Crippen molar-refractivity contribution >= 4 is 34.1 Å². The number of methoxy groups -OCH3 is 1. The highest BCUT2D eigenvalue weighted by atomic mass is 16.5. The lowest BCUT2D eigenvalue weighted by Crippen LogP contribution is -2.48. The van der Waals surface area contributed by atoms with Crippen LogP contribution in [-0.4, -0.2) is 58.7 Å². The summed E-state index contributed by atoms with van der Waals surface area (Å²) in [7, 11) is 1.56. The number of nitrogens with one attached hydrogen (secondary N) is 3. The van der Waals surface area contributed by atoms with Gasteiger partial charge in [-0.1, -0.05) is 24.8 Å². The van der Waals surface area contributed by atoms with Crippen molar-refractivity contribution in [2.24, 2.45) is 5.73 Å². The molecule has 11 nitrogen and oxygen atoms in total. The highest BCUT2D eigenvalue weighted by Gasteiger charge is 2.28. The Morgan fingerprint density at radius 3 is 2.97 bits per heavy atom. The van der Waals surface area contributed by atoms with E-state index in [1.807, 2.05) is 30.3 Å². The van der Waals surface area contributed by atoms with Crippen LogP contribution in [-0.2, 0) is 9.53 Å². The summed E-state index contributed by atoms with van der Waals surface area (Å²) in [5, 5.41) is 10.2. The third kappa shape index (κ3) is 5.30. The van der Waals surface area contributed by atoms with E-state index in [0.717, 1.165) is 23.2 Å². The maximum atomic E-state index is 11.7. The Bertz CT molecular complexity index is 1480. The van der Waals surface area contributed by atoms with Crippen LogP contribution in [0.25, 0.3) is 22.2 Å². The fourth-order valence-corrected chi connectivity index (χ4v) is 4.31. The van der Waals surface area contributed by atoms with Crippen molar-refractivity contribution in [3.8, 4) is 17.1 Å². The van der Waals surface area contributed by atoms with Crippen LogP contribution in [0.2, 0.25) is 0 Å². The van der Waals surface area contributed by atoms with Crippen LogP contribution in [0.15, 0.2) is 67.5 Å². The monoisotopic (exact) mass is 512 g/mol. The van der Waals surface area contributed by atoms with Crippen LogP contribution in [0.4, 0.5) is 17.3 Å². The Morgan fingerprint density at radius 2 is 2.16 bits per heavy atom. The quantitative estimate of drug-likeness (QED) is 0.260. The molecule has 2 unspecified atom stereocenters. The first kappa shape index (κ1) is 25.2. The van der Waals surface area contributed by atoms with Gasteiger partial charge in [0.1, 0.15) is 11.8 Å². The molecule has 1 fully saturated rings. The minimum Gasteiger partial charge on any atom is -0.480 e. The summed E-state index contributed by atoms with van der Waals surface area (Å²) in [6.07, 6.45) is 4.32. The molecule has 0 radical (unpaired) electrons. The normalized spacial score (nSPS) is 17.1. The van der Waals surface area contributed by atoms with Gasteiger partial charge in [0.25, 0.3) is 0 Å². The average Bonchev–Trinajstić information content (AvgIpc) is 2.97. The van der Waals surface area contributed by atoms with E-state index in [2.05, 4.69) is 37.5 Å². The lowest BCUT2D eigenvalue weighted by atomic mass is 10.1. The number of morpholine rings is 1. The molecule has 3 aromatic heterocycles. The Balaban J connectivity index is 1.46. The predicted molar refractivity (Wildman–Crippen MR) is 145 cm³/mol. The number of nitrogens with zero attached hydrogens (tertiary/aromatic N) is 4. The Hall–Kier alpha value is -4.45. The van der Waals surface area contributed by atoms with E-state index in [4.69, 9.17) is 20.2 Å². The summed E-state index contributed by atoms with van der Waals surface area (Å²) in [5.74, 6) is 0.452. The largest absolute Gasteiger partial charge is 0.480 e. The topological polar surface area (TPSA) is 149 Å². The highest BCUT2D eigenvalue weighted by molar-refractivity contribution is 5.99. The zero-order valence-corrected chi connectivity index (χ0v) is 20.8. The predicted octanol–water partition coefficient (Wildman–Crippen LogP) is 2.95. The molecule has 4 heterocycles. The number of benzene rings is 1. The molecule has 1 aliphatic rings. The molecule has 2 atom stereocenters. The van der Waals surface area contributed by atoms with Crippen LogP contribution in [0.5, 0.6) is 5.88 Å². The fraction of sp³-hybridized carbons (Fsp3) is 0.222. The lowest BCUT2D eigenvalue weighted by Gasteiger charge is -2.31. The van der Waals surface area contributed by atoms with E-state index in [1.54, 1.807) is 31.6 Å². The van der Waals surface area contributed by atoms with Crippen molar-refractivity contribution in [3.05, 3.63) is 73.2 Å². The number of anilines is 3. The highest BCUT2D eigenvalue weighted by Crippen LogP contribution is 2.31. The zero-order chi connectivity index (χ0) is 26.5. The standard InChI is InChI=1S/C27H28N8O3/c1-3-23(36)32-17-9-10-29-21(13-17)18-6-4-5-16-15-31-27(35-24(16)18)34-20-8-7-19(33-26(20)37-2)25-22(14-28)30-11-12-38-25/h3-10,13,15,22,25,30H,1,11-12,14,28H2,2H3,(H,29,32,36)(H,31,34,35). The molecule has 0 spiro atoms. The van der Waals surface area contributed by atoms with Crippen molar-refractivity contribution in [1.82, 2.24) is 25.3 Å². The van der Waals surface area contributed by atoms with Crippen LogP contribution < -0.4 is 26.4 Å². The molecule has 0 bridgehead atoms. The minimum absolute atomic E-state index is 0.0285. The molecule has 38 heavy (non-hydrogen) atoms. The van der Waals surface area contributed by atoms with Crippen LogP contribution in [0.3, 0.4) is 0 Å². The van der Waals surface area contributed by atoms with E-state index in [-0.39, 0.29) is 18.1 Å². The molecule has 1 saturated heterocycles. The third-order valence-electron chi connectivity index (χ3n) is 6.14. The molecule has 194 valence electrons. The smallest absolute Gasteiger partial charge is 0.247 e. The number of ether oxygens (including phenoxy) is 2. The van der Waals surface area contributed by atoms with Gasteiger partial charge < -0.3 is 31.2 Å². The van der Waals surface area contributed by atoms with Gasteiger partial charge >= 0.3 is 0 Å². The molecule has 5 N–H and O–H groups in total. The first-order valence-corrected chi connectivity index (χ1v) is 12.1. The van der Waals surface area contributed by atoms with Crippen molar-refractivity contribution in [1.29, 1.82) is 0 Å². The van der Waals surface area contributed by atoms with Gasteiger partial charge in [-0.25, -0.2) is 15.0 Å². The molecule has 0 saturated carbocycles. The Labute approximate surface area is 219 Å². The summed E-state index contributed by atoms with van der Waals surface area (Å²) in [6.45, 7) is 5.25. The number of carbonyl (C=O) groups is 1. The summed E-state index contributed by atoms with van der Waals surface area (Å²) in [4.78, 5) is 30.1. The first-order valence-electron chi connectivity index (χ1n) is 12.1. The van der Waals surface area contributed by atoms with Gasteiger partial charge in [-0.15, -0.1) is 0 Å². The Kier molecular flexibility index (Phi) is 7.50. The van der Waals surface area contributed by atoms with Gasteiger partial charge in [0.2, 0.25) is 17.7 Å². The maximum Gasteiger partial charge on any atom is 0.247 e. The number of hydrogen-bond acceptors (Lipinski definition) is 10. The van der Waals surface area contributed by atoms with Crippen molar-refractivity contribution in [3.63, 3.8) is 0 Å². The summed E-state index contributed by atoms with van der Waals surface area (Å²) < 4.78 is 11.5. The molecule has 4 aromatic rings. The molecule has 1 aromatic carbocycles. The third-order valence-corrected chi connectivity index (χ3v) is 6.14. The number of pyridine rings is 2. The lowest BCUT2D eigenvalue weighted by molar-refractivity contribution is -0.111. The summed E-state index contributed by atoms with van der Waals surface area (Å²) >= 11 is 0. The fourth-order valence-electron chi connectivity index (χ4n) is 4.31. The van der Waals surface area contributed by atoms with E-state index >= 15 is 0 Å². The summed E-state index contributed by atoms with van der Waals surface area (Å²) in [6, 6.07) is 13.0. The van der Waals surface area contributed by atoms with E-state index in [0.29, 0.717) is 47.6 Å². The number of aromatic nitrogens is 4. The number of hydrogen-bond donors (Lipinski definition) is 4. The first-order chi connectivity index (χ1) is 18.6. The molecule has 1 amide bonds. The Morgan fingerprint density at radius 1 is 1.26 bits per heavy atom. The van der Waals surface area contributed by atoms with Crippen molar-refractivity contribution in [2.75, 3.05) is 37.4 Å². The van der Waals surface area contributed by atoms with E-state index in [1.165, 1.54) is 6.08 Å². The number of nitrogens with two attached hydrogens (primary N) is 1. The van der Waals surface area contributed by atoms with Crippen LogP contribution >= 0.6 is 0 Å². The number of amides is 1. The second kappa shape index (κ2) is 11.3. The number of carbonyl (C=O) groups excluding carboxylic acids is 1. The zero-order valence-electron chi connectivity index (χ0n) is 20.8. The second-order valence-electron chi connectivity index (χ2n) is 8.57. The van der Waals surface area contributed by atoms with Gasteiger partial charge in [-0.3, -0.25) is 9.78 Å². The number of para-hydroxylation sites is 1. The average molecular weight is 513 g/mol. The number of rotatable bonds is 8. The van der Waals surface area contributed by atoms with Crippen molar-refractivity contribution < 1.29 is 14.3 Å². The van der Waals surface area contributed by atoms with Gasteiger partial charge in [0.05, 0.1) is 36.7 Å².